The van der Waals surface area contributed by atoms with Crippen molar-refractivity contribution in [3.05, 3.63) is 23.4 Å². The molecule has 0 amide bonds. The molecule has 2 aromatic rings. The van der Waals surface area contributed by atoms with Crippen molar-refractivity contribution in [2.24, 2.45) is 0 Å². The van der Waals surface area contributed by atoms with Gasteiger partial charge in [-0.05, 0) is 0 Å². The van der Waals surface area contributed by atoms with Crippen LogP contribution in [0.25, 0.3) is 0 Å². The minimum Gasteiger partial charge on any atom is -0.340 e. The molecule has 0 radical (unpaired) electrons. The number of nitrogens with zero attached hydrogens (tertiary/aromatic N) is 5. The first-order chi connectivity index (χ1) is 9.89. The summed E-state index contributed by atoms with van der Waals surface area (Å²) in [6.07, 6.45) is -3.92. The zero-order valence-corrected chi connectivity index (χ0v) is 11.1. The molecular formula is C11H12F3N5O2. The molecule has 0 unspecified atom stereocenters. The van der Waals surface area contributed by atoms with Crippen LogP contribution < -0.4 is 0 Å². The smallest absolute Gasteiger partial charge is 0.340 e. The van der Waals surface area contributed by atoms with Crippen LogP contribution in [0.2, 0.25) is 0 Å². The van der Waals surface area contributed by atoms with Gasteiger partial charge in [-0.15, -0.1) is 0 Å². The van der Waals surface area contributed by atoms with Crippen molar-refractivity contribution in [3.8, 4) is 0 Å². The number of aryl methyl sites for hydroxylation is 1. The summed E-state index contributed by atoms with van der Waals surface area (Å²) >= 11 is 0. The molecule has 0 N–H and O–H groups in total. The van der Waals surface area contributed by atoms with Crippen LogP contribution in [0.4, 0.5) is 13.2 Å². The van der Waals surface area contributed by atoms with Crippen molar-refractivity contribution in [1.29, 1.82) is 0 Å². The van der Waals surface area contributed by atoms with Gasteiger partial charge in [0, 0.05) is 20.0 Å². The van der Waals surface area contributed by atoms with E-state index in [1.165, 1.54) is 4.90 Å². The molecule has 3 heterocycles. The van der Waals surface area contributed by atoms with Gasteiger partial charge in [0.05, 0.1) is 18.9 Å². The predicted molar refractivity (Wildman–Crippen MR) is 61.4 cm³/mol. The highest BCUT2D eigenvalue weighted by Crippen LogP contribution is 2.29. The molecule has 0 spiro atoms. The van der Waals surface area contributed by atoms with Crippen molar-refractivity contribution in [2.45, 2.75) is 25.4 Å². The van der Waals surface area contributed by atoms with Crippen molar-refractivity contribution >= 4 is 0 Å². The number of alkyl halides is 3. The molecule has 7 nitrogen and oxygen atoms in total. The van der Waals surface area contributed by atoms with Crippen LogP contribution in [0, 0.1) is 6.92 Å². The van der Waals surface area contributed by atoms with Gasteiger partial charge in [-0.25, -0.2) is 0 Å². The van der Waals surface area contributed by atoms with E-state index in [1.807, 2.05) is 0 Å². The van der Waals surface area contributed by atoms with Gasteiger partial charge in [0.25, 0.3) is 0 Å². The van der Waals surface area contributed by atoms with Crippen molar-refractivity contribution < 1.29 is 22.2 Å². The van der Waals surface area contributed by atoms with E-state index in [4.69, 9.17) is 9.05 Å². The summed E-state index contributed by atoms with van der Waals surface area (Å²) in [5.41, 5.74) is 0. The van der Waals surface area contributed by atoms with E-state index >= 15 is 0 Å². The van der Waals surface area contributed by atoms with Crippen LogP contribution in [0.15, 0.2) is 9.05 Å². The lowest BCUT2D eigenvalue weighted by Gasteiger charge is -2.37. The quantitative estimate of drug-likeness (QED) is 0.842. The number of hydrogen-bond donors (Lipinski definition) is 0. The summed E-state index contributed by atoms with van der Waals surface area (Å²) in [5.74, 6) is 1.46. The molecule has 1 fully saturated rings. The Morgan fingerprint density at radius 1 is 1.14 bits per heavy atom. The third-order valence-electron chi connectivity index (χ3n) is 3.08. The largest absolute Gasteiger partial charge is 0.401 e. The van der Waals surface area contributed by atoms with E-state index in [0.29, 0.717) is 23.4 Å². The Morgan fingerprint density at radius 2 is 1.81 bits per heavy atom. The molecule has 0 atom stereocenters. The molecule has 1 aliphatic rings. The first-order valence-electron chi connectivity index (χ1n) is 6.30. The fourth-order valence-electron chi connectivity index (χ4n) is 2.17. The summed E-state index contributed by atoms with van der Waals surface area (Å²) < 4.78 is 46.5. The van der Waals surface area contributed by atoms with Gasteiger partial charge < -0.3 is 9.05 Å². The molecule has 10 heteroatoms. The third kappa shape index (κ3) is 3.38. The number of rotatable bonds is 4. The van der Waals surface area contributed by atoms with E-state index in [2.05, 4.69) is 20.3 Å². The van der Waals surface area contributed by atoms with Crippen LogP contribution in [0.5, 0.6) is 0 Å². The molecule has 21 heavy (non-hydrogen) atoms. The standard InChI is InChI=1S/C11H12F3N5O2/c1-6-15-8(17-20-6)2-9-16-10(21-18-9)7-3-19(4-7)5-11(12,13)14/h7H,2-5H2,1H3. The molecule has 1 saturated heterocycles. The Labute approximate surface area is 117 Å². The lowest BCUT2D eigenvalue weighted by molar-refractivity contribution is -0.155. The second-order valence-corrected chi connectivity index (χ2v) is 4.96. The molecular weight excluding hydrogens is 291 g/mol. The third-order valence-corrected chi connectivity index (χ3v) is 3.08. The highest BCUT2D eigenvalue weighted by molar-refractivity contribution is 5.05. The summed E-state index contributed by atoms with van der Waals surface area (Å²) in [6, 6.07) is 0. The number of aromatic nitrogens is 4. The average molecular weight is 303 g/mol. The molecule has 0 aliphatic carbocycles. The fraction of sp³-hybridized carbons (Fsp3) is 0.636. The van der Waals surface area contributed by atoms with Crippen LogP contribution in [0.1, 0.15) is 29.3 Å². The Bertz CT molecular complexity index is 617. The van der Waals surface area contributed by atoms with Gasteiger partial charge in [0.2, 0.25) is 11.8 Å². The van der Waals surface area contributed by atoms with Gasteiger partial charge in [-0.1, -0.05) is 10.3 Å². The second-order valence-electron chi connectivity index (χ2n) is 4.96. The molecule has 114 valence electrons. The highest BCUT2D eigenvalue weighted by Gasteiger charge is 2.39. The molecule has 3 rings (SSSR count). The normalized spacial score (nSPS) is 17.1. The Kier molecular flexibility index (Phi) is 3.40. The molecule has 0 bridgehead atoms. The molecule has 0 aromatic carbocycles. The predicted octanol–water partition coefficient (Wildman–Crippen LogP) is 1.31. The number of likely N-dealkylation sites (tertiary alicyclic amines) is 1. The van der Waals surface area contributed by atoms with Crippen molar-refractivity contribution in [3.63, 3.8) is 0 Å². The van der Waals surface area contributed by atoms with Crippen LogP contribution in [-0.4, -0.2) is 51.0 Å². The van der Waals surface area contributed by atoms with Crippen LogP contribution in [0.3, 0.4) is 0 Å². The highest BCUT2D eigenvalue weighted by atomic mass is 19.4. The lowest BCUT2D eigenvalue weighted by atomic mass is 10.0. The van der Waals surface area contributed by atoms with Gasteiger partial charge in [0.15, 0.2) is 11.6 Å². The van der Waals surface area contributed by atoms with Crippen LogP contribution in [-0.2, 0) is 6.42 Å². The average Bonchev–Trinajstić information content (AvgIpc) is 2.92. The maximum atomic E-state index is 12.2. The van der Waals surface area contributed by atoms with Crippen LogP contribution >= 0.6 is 0 Å². The Hall–Kier alpha value is -1.97. The molecule has 1 aliphatic heterocycles. The zero-order valence-electron chi connectivity index (χ0n) is 11.1. The van der Waals surface area contributed by atoms with E-state index in [0.717, 1.165) is 0 Å². The maximum Gasteiger partial charge on any atom is 0.401 e. The van der Waals surface area contributed by atoms with Crippen molar-refractivity contribution in [2.75, 3.05) is 19.6 Å². The summed E-state index contributed by atoms with van der Waals surface area (Å²) in [5, 5.41) is 7.49. The van der Waals surface area contributed by atoms with Gasteiger partial charge in [-0.3, -0.25) is 4.90 Å². The van der Waals surface area contributed by atoms with Crippen molar-refractivity contribution in [1.82, 2.24) is 25.2 Å². The Balaban J connectivity index is 1.55. The zero-order chi connectivity index (χ0) is 15.0. The Morgan fingerprint density at radius 3 is 2.43 bits per heavy atom. The second kappa shape index (κ2) is 5.10. The summed E-state index contributed by atoms with van der Waals surface area (Å²) in [4.78, 5) is 9.46. The molecule has 0 saturated carbocycles. The van der Waals surface area contributed by atoms with Gasteiger partial charge in [-0.2, -0.15) is 23.1 Å². The van der Waals surface area contributed by atoms with E-state index < -0.39 is 12.7 Å². The minimum absolute atomic E-state index is 0.152. The SMILES string of the molecule is Cc1nc(Cc2noc(C3CN(CC(F)(F)F)C3)n2)no1. The van der Waals surface area contributed by atoms with Gasteiger partial charge in [0.1, 0.15) is 0 Å². The van der Waals surface area contributed by atoms with Gasteiger partial charge >= 0.3 is 6.18 Å². The molecule has 2 aromatic heterocycles. The van der Waals surface area contributed by atoms with E-state index in [-0.39, 0.29) is 25.4 Å². The monoisotopic (exact) mass is 303 g/mol. The number of hydrogen-bond acceptors (Lipinski definition) is 7. The fourth-order valence-corrected chi connectivity index (χ4v) is 2.17. The topological polar surface area (TPSA) is 81.1 Å². The van der Waals surface area contributed by atoms with E-state index in [9.17, 15) is 13.2 Å². The summed E-state index contributed by atoms with van der Waals surface area (Å²) in [7, 11) is 0. The maximum absolute atomic E-state index is 12.2. The lowest BCUT2D eigenvalue weighted by Crippen LogP contribution is -2.49. The first kappa shape index (κ1) is 14.0. The van der Waals surface area contributed by atoms with E-state index in [1.54, 1.807) is 6.92 Å². The number of halogens is 3. The minimum atomic E-state index is -4.18. The summed E-state index contributed by atoms with van der Waals surface area (Å²) in [6.45, 7) is 1.29. The first-order valence-corrected chi connectivity index (χ1v) is 6.30.